The molecule has 1 aliphatic rings. The molecule has 196 valence electrons. The molecule has 0 spiro atoms. The Hall–Kier alpha value is -3.42. The van der Waals surface area contributed by atoms with E-state index in [9.17, 15) is 19.8 Å². The summed E-state index contributed by atoms with van der Waals surface area (Å²) in [7, 11) is 0. The van der Waals surface area contributed by atoms with E-state index in [1.807, 2.05) is 19.9 Å². The minimum Gasteiger partial charge on any atom is -0.546 e. The average molecular weight is 499 g/mol. The number of carboxylic acid groups (broad SMARTS) is 1. The molecule has 2 aromatic carbocycles. The molecule has 1 aliphatic heterocycles. The molecule has 36 heavy (non-hydrogen) atoms. The van der Waals surface area contributed by atoms with Crippen molar-refractivity contribution in [3.63, 3.8) is 0 Å². The van der Waals surface area contributed by atoms with Gasteiger partial charge >= 0.3 is 0 Å². The van der Waals surface area contributed by atoms with Gasteiger partial charge in [0.05, 0.1) is 24.7 Å². The summed E-state index contributed by atoms with van der Waals surface area (Å²) in [5, 5.41) is 21.6. The van der Waals surface area contributed by atoms with Gasteiger partial charge in [0.1, 0.15) is 29.6 Å². The highest BCUT2D eigenvalue weighted by Crippen LogP contribution is 2.34. The van der Waals surface area contributed by atoms with Gasteiger partial charge in [0, 0.05) is 30.6 Å². The number of likely N-dealkylation sites (tertiary alicyclic amines) is 1. The smallest absolute Gasteiger partial charge is 0.257 e. The van der Waals surface area contributed by atoms with Crippen LogP contribution < -0.4 is 19.3 Å². The number of hydrogen-bond donors (Lipinski definition) is 1. The van der Waals surface area contributed by atoms with Crippen molar-refractivity contribution in [2.24, 2.45) is 0 Å². The van der Waals surface area contributed by atoms with E-state index in [0.717, 1.165) is 44.3 Å². The third-order valence-electron chi connectivity index (χ3n) is 6.10. The average Bonchev–Trinajstić information content (AvgIpc) is 3.40. The minimum absolute atomic E-state index is 0.0140. The predicted molar refractivity (Wildman–Crippen MR) is 134 cm³/mol. The van der Waals surface area contributed by atoms with Gasteiger partial charge in [-0.1, -0.05) is 32.8 Å². The van der Waals surface area contributed by atoms with E-state index in [2.05, 4.69) is 0 Å². The summed E-state index contributed by atoms with van der Waals surface area (Å²) in [6.07, 6.45) is 5.55. The molecular weight excluding hydrogens is 462 g/mol. The third kappa shape index (κ3) is 7.06. The molecule has 1 saturated heterocycles. The summed E-state index contributed by atoms with van der Waals surface area (Å²) in [5.41, 5.74) is 1.82. The van der Waals surface area contributed by atoms with Gasteiger partial charge in [-0.15, -0.1) is 0 Å². The summed E-state index contributed by atoms with van der Waals surface area (Å²) in [4.78, 5) is 25.4. The molecular formula is C28H36NO7-. The molecule has 0 bridgehead atoms. The van der Waals surface area contributed by atoms with Crippen LogP contribution in [-0.4, -0.2) is 54.8 Å². The van der Waals surface area contributed by atoms with Gasteiger partial charge in [0.2, 0.25) is 0 Å². The number of nitrogens with zero attached hydrogens (tertiary/aromatic N) is 1. The van der Waals surface area contributed by atoms with E-state index in [4.69, 9.17) is 14.2 Å². The first-order valence-electron chi connectivity index (χ1n) is 12.8. The largest absolute Gasteiger partial charge is 0.546 e. The predicted octanol–water partition coefficient (Wildman–Crippen LogP) is 3.51. The van der Waals surface area contributed by atoms with Crippen LogP contribution in [0.15, 0.2) is 30.3 Å². The van der Waals surface area contributed by atoms with Crippen LogP contribution in [0.4, 0.5) is 0 Å². The zero-order valence-corrected chi connectivity index (χ0v) is 21.2. The highest BCUT2D eigenvalue weighted by atomic mass is 16.5. The summed E-state index contributed by atoms with van der Waals surface area (Å²) >= 11 is 0. The normalized spacial score (nSPS) is 13.0. The maximum absolute atomic E-state index is 12.8. The van der Waals surface area contributed by atoms with Crippen LogP contribution in [0.25, 0.3) is 0 Å². The second kappa shape index (κ2) is 13.6. The molecule has 1 N–H and O–H groups in total. The number of aromatic hydroxyl groups is 1. The lowest BCUT2D eigenvalue weighted by Gasteiger charge is -2.19. The lowest BCUT2D eigenvalue weighted by Crippen LogP contribution is -2.29. The van der Waals surface area contributed by atoms with Crippen molar-refractivity contribution in [3.8, 4) is 23.0 Å². The van der Waals surface area contributed by atoms with Crippen LogP contribution in [0, 0.1) is 0 Å². The fourth-order valence-electron chi connectivity index (χ4n) is 4.38. The second-order valence-corrected chi connectivity index (χ2v) is 8.88. The van der Waals surface area contributed by atoms with E-state index in [-0.39, 0.29) is 11.7 Å². The van der Waals surface area contributed by atoms with Crippen LogP contribution in [0.5, 0.6) is 23.0 Å². The number of carbonyl (C=O) groups excluding carboxylic acids is 2. The quantitative estimate of drug-likeness (QED) is 0.397. The van der Waals surface area contributed by atoms with Crippen molar-refractivity contribution in [1.29, 1.82) is 0 Å². The highest BCUT2D eigenvalue weighted by molar-refractivity contribution is 5.97. The summed E-state index contributed by atoms with van der Waals surface area (Å²) in [5.74, 6) is 0.329. The van der Waals surface area contributed by atoms with E-state index < -0.39 is 12.6 Å². The van der Waals surface area contributed by atoms with Gasteiger partial charge in [0.15, 0.2) is 0 Å². The highest BCUT2D eigenvalue weighted by Gasteiger charge is 2.24. The Kier molecular flexibility index (Phi) is 10.3. The Morgan fingerprint density at radius 1 is 0.889 bits per heavy atom. The number of carboxylic acids is 1. The number of rotatable bonds is 14. The zero-order valence-electron chi connectivity index (χ0n) is 21.2. The van der Waals surface area contributed by atoms with Crippen molar-refractivity contribution < 1.29 is 34.0 Å². The minimum atomic E-state index is -1.28. The number of amides is 1. The van der Waals surface area contributed by atoms with Gasteiger partial charge in [-0.2, -0.15) is 0 Å². The molecule has 0 saturated carbocycles. The van der Waals surface area contributed by atoms with E-state index in [1.165, 1.54) is 0 Å². The van der Waals surface area contributed by atoms with Crippen LogP contribution in [0.3, 0.4) is 0 Å². The van der Waals surface area contributed by atoms with Crippen molar-refractivity contribution in [3.05, 3.63) is 47.0 Å². The Balaban J connectivity index is 1.60. The number of phenols is 1. The number of ether oxygens (including phenoxy) is 3. The van der Waals surface area contributed by atoms with Crippen LogP contribution in [0.2, 0.25) is 0 Å². The summed E-state index contributed by atoms with van der Waals surface area (Å²) in [6.45, 7) is 5.76. The SMILES string of the molecule is CCCc1c(OCCCOc2ccc(C(=O)N3CCCC3)c(O)c2CCC)cccc1OCC(=O)[O-]. The standard InChI is InChI=1S/C28H37NO7/c1-3-9-20-23(11-7-12-24(20)36-19-26(30)31)34-17-8-18-35-25-14-13-22(27(32)21(25)10-4-2)28(33)29-15-5-6-16-29/h7,11-14,32H,3-6,8-10,15-19H2,1-2H3,(H,30,31)/p-1. The molecule has 2 aromatic rings. The molecule has 1 heterocycles. The lowest BCUT2D eigenvalue weighted by molar-refractivity contribution is -0.307. The monoisotopic (exact) mass is 498 g/mol. The van der Waals surface area contributed by atoms with E-state index >= 15 is 0 Å². The molecule has 0 aromatic heterocycles. The Morgan fingerprint density at radius 3 is 2.08 bits per heavy atom. The summed E-state index contributed by atoms with van der Waals surface area (Å²) in [6, 6.07) is 8.75. The molecule has 8 heteroatoms. The van der Waals surface area contributed by atoms with Gasteiger partial charge in [-0.3, -0.25) is 4.79 Å². The molecule has 0 aliphatic carbocycles. The van der Waals surface area contributed by atoms with Crippen molar-refractivity contribution in [1.82, 2.24) is 4.90 Å². The van der Waals surface area contributed by atoms with Crippen LogP contribution in [0.1, 0.15) is 67.4 Å². The molecule has 1 amide bonds. The van der Waals surface area contributed by atoms with Gasteiger partial charge in [0.25, 0.3) is 5.91 Å². The van der Waals surface area contributed by atoms with Crippen molar-refractivity contribution in [2.45, 2.75) is 58.8 Å². The topological polar surface area (TPSA) is 108 Å². The fraction of sp³-hybridized carbons (Fsp3) is 0.500. The molecule has 3 rings (SSSR count). The number of aliphatic carboxylic acids is 1. The van der Waals surface area contributed by atoms with Crippen molar-refractivity contribution >= 4 is 11.9 Å². The van der Waals surface area contributed by atoms with Gasteiger partial charge < -0.3 is 34.1 Å². The molecule has 0 radical (unpaired) electrons. The molecule has 8 nitrogen and oxygen atoms in total. The number of phenolic OH excluding ortho intramolecular Hbond substituents is 1. The third-order valence-corrected chi connectivity index (χ3v) is 6.10. The summed E-state index contributed by atoms with van der Waals surface area (Å²) < 4.78 is 17.3. The maximum atomic E-state index is 12.8. The second-order valence-electron chi connectivity index (χ2n) is 8.88. The molecule has 1 fully saturated rings. The van der Waals surface area contributed by atoms with Crippen molar-refractivity contribution in [2.75, 3.05) is 32.9 Å². The first kappa shape index (κ1) is 27.2. The molecule has 0 unspecified atom stereocenters. The number of carbonyl (C=O) groups is 2. The van der Waals surface area contributed by atoms with Crippen LogP contribution >= 0.6 is 0 Å². The number of hydrogen-bond acceptors (Lipinski definition) is 7. The first-order valence-corrected chi connectivity index (χ1v) is 12.8. The van der Waals surface area contributed by atoms with E-state index in [0.29, 0.717) is 60.9 Å². The van der Waals surface area contributed by atoms with Gasteiger partial charge in [-0.25, -0.2) is 0 Å². The first-order chi connectivity index (χ1) is 17.5. The Morgan fingerprint density at radius 2 is 1.47 bits per heavy atom. The molecule has 0 atom stereocenters. The Bertz CT molecular complexity index is 1030. The van der Waals surface area contributed by atoms with Gasteiger partial charge in [-0.05, 0) is 49.9 Å². The lowest BCUT2D eigenvalue weighted by atomic mass is 10.0. The Labute approximate surface area is 212 Å². The van der Waals surface area contributed by atoms with E-state index in [1.54, 1.807) is 29.2 Å². The number of benzene rings is 2. The maximum Gasteiger partial charge on any atom is 0.257 e. The fourth-order valence-corrected chi connectivity index (χ4v) is 4.38. The zero-order chi connectivity index (χ0) is 25.9. The van der Waals surface area contributed by atoms with Crippen LogP contribution in [-0.2, 0) is 17.6 Å².